The van der Waals surface area contributed by atoms with E-state index in [-0.39, 0.29) is 29.2 Å². The summed E-state index contributed by atoms with van der Waals surface area (Å²) in [6, 6.07) is 17.0. The Balaban J connectivity index is 1.46. The maximum atomic E-state index is 13.1. The number of nitrogens with zero attached hydrogens (tertiary/aromatic N) is 3. The fourth-order valence-corrected chi connectivity index (χ4v) is 6.00. The maximum Gasteiger partial charge on any atom is 0.277 e. The Morgan fingerprint density at radius 3 is 2.58 bits per heavy atom. The topological polar surface area (TPSA) is 93.4 Å². The third kappa shape index (κ3) is 5.34. The minimum atomic E-state index is -3.11. The number of aryl methyl sites for hydroxylation is 1. The van der Waals surface area contributed by atoms with E-state index in [2.05, 4.69) is 10.2 Å². The zero-order valence-electron chi connectivity index (χ0n) is 17.1. The summed E-state index contributed by atoms with van der Waals surface area (Å²) in [7, 11) is -3.11. The summed E-state index contributed by atoms with van der Waals surface area (Å²) in [5.41, 5.74) is 2.84. The van der Waals surface area contributed by atoms with E-state index in [0.29, 0.717) is 24.1 Å². The van der Waals surface area contributed by atoms with Crippen molar-refractivity contribution in [3.05, 3.63) is 65.7 Å². The second kappa shape index (κ2) is 9.23. The summed E-state index contributed by atoms with van der Waals surface area (Å²) in [5, 5.41) is 8.45. The molecule has 0 aliphatic carbocycles. The quantitative estimate of drug-likeness (QED) is 0.502. The third-order valence-electron chi connectivity index (χ3n) is 5.27. The Kier molecular flexibility index (Phi) is 6.43. The van der Waals surface area contributed by atoms with E-state index in [1.807, 2.05) is 61.5 Å². The Labute approximate surface area is 185 Å². The average Bonchev–Trinajstić information content (AvgIpc) is 3.37. The molecule has 0 bridgehead atoms. The first kappa shape index (κ1) is 21.6. The van der Waals surface area contributed by atoms with Gasteiger partial charge in [0.1, 0.15) is 0 Å². The van der Waals surface area contributed by atoms with E-state index >= 15 is 0 Å². The lowest BCUT2D eigenvalue weighted by Gasteiger charge is -2.28. The SMILES string of the molecule is Cc1ccccc1-c1nnc(SCC(=O)N(Cc2ccccc2)C2CCS(=O)(=O)C2)o1. The fraction of sp³-hybridized carbons (Fsp3) is 0.318. The molecule has 0 N–H and O–H groups in total. The molecule has 1 fully saturated rings. The number of hydrogen-bond donors (Lipinski definition) is 0. The summed E-state index contributed by atoms with van der Waals surface area (Å²) in [4.78, 5) is 14.7. The minimum absolute atomic E-state index is 0.00816. The van der Waals surface area contributed by atoms with Gasteiger partial charge in [-0.05, 0) is 30.5 Å². The van der Waals surface area contributed by atoms with Crippen molar-refractivity contribution >= 4 is 27.5 Å². The second-order valence-corrected chi connectivity index (χ2v) is 10.7. The zero-order chi connectivity index (χ0) is 21.8. The number of carbonyl (C=O) groups is 1. The fourth-order valence-electron chi connectivity index (χ4n) is 3.62. The maximum absolute atomic E-state index is 13.1. The van der Waals surface area contributed by atoms with Gasteiger partial charge in [0.05, 0.1) is 17.3 Å². The van der Waals surface area contributed by atoms with Gasteiger partial charge in [-0.1, -0.05) is 60.3 Å². The number of rotatable bonds is 7. The van der Waals surface area contributed by atoms with Crippen molar-refractivity contribution in [1.82, 2.24) is 15.1 Å². The number of hydrogen-bond acceptors (Lipinski definition) is 7. The van der Waals surface area contributed by atoms with Crippen LogP contribution in [-0.4, -0.2) is 52.7 Å². The van der Waals surface area contributed by atoms with E-state index in [4.69, 9.17) is 4.42 Å². The molecule has 9 heteroatoms. The number of sulfone groups is 1. The first-order valence-corrected chi connectivity index (χ1v) is 12.8. The molecule has 4 rings (SSSR count). The summed E-state index contributed by atoms with van der Waals surface area (Å²) >= 11 is 1.17. The first-order valence-electron chi connectivity index (χ1n) is 9.97. The highest BCUT2D eigenvalue weighted by molar-refractivity contribution is 7.99. The summed E-state index contributed by atoms with van der Waals surface area (Å²) in [6.45, 7) is 2.34. The van der Waals surface area contributed by atoms with E-state index < -0.39 is 9.84 Å². The highest BCUT2D eigenvalue weighted by Crippen LogP contribution is 2.27. The molecule has 7 nitrogen and oxygen atoms in total. The van der Waals surface area contributed by atoms with Crippen molar-refractivity contribution in [2.45, 2.75) is 31.2 Å². The number of amides is 1. The molecule has 1 aliphatic heterocycles. The molecule has 2 heterocycles. The normalized spacial score (nSPS) is 17.5. The summed E-state index contributed by atoms with van der Waals surface area (Å²) < 4.78 is 29.7. The Morgan fingerprint density at radius 2 is 1.87 bits per heavy atom. The smallest absolute Gasteiger partial charge is 0.277 e. The van der Waals surface area contributed by atoms with Gasteiger partial charge >= 0.3 is 0 Å². The molecular formula is C22H23N3O4S2. The van der Waals surface area contributed by atoms with Crippen molar-refractivity contribution in [2.75, 3.05) is 17.3 Å². The van der Waals surface area contributed by atoms with Crippen molar-refractivity contribution in [1.29, 1.82) is 0 Å². The highest BCUT2D eigenvalue weighted by Gasteiger charge is 2.34. The molecule has 1 unspecified atom stereocenters. The highest BCUT2D eigenvalue weighted by atomic mass is 32.2. The Bertz CT molecular complexity index is 1160. The monoisotopic (exact) mass is 457 g/mol. The van der Waals surface area contributed by atoms with Crippen LogP contribution in [0.5, 0.6) is 0 Å². The number of thioether (sulfide) groups is 1. The van der Waals surface area contributed by atoms with Crippen molar-refractivity contribution in [3.63, 3.8) is 0 Å². The first-order chi connectivity index (χ1) is 14.9. The molecule has 1 atom stereocenters. The minimum Gasteiger partial charge on any atom is -0.411 e. The van der Waals surface area contributed by atoms with Crippen LogP contribution in [0.2, 0.25) is 0 Å². The van der Waals surface area contributed by atoms with Crippen LogP contribution in [0, 0.1) is 6.92 Å². The molecule has 1 amide bonds. The number of carbonyl (C=O) groups excluding carboxylic acids is 1. The van der Waals surface area contributed by atoms with Gasteiger partial charge in [0, 0.05) is 18.2 Å². The van der Waals surface area contributed by atoms with Crippen molar-refractivity contribution in [2.24, 2.45) is 0 Å². The van der Waals surface area contributed by atoms with E-state index in [1.165, 1.54) is 11.8 Å². The molecule has 0 saturated carbocycles. The summed E-state index contributed by atoms with van der Waals surface area (Å²) in [6.07, 6.45) is 0.462. The zero-order valence-corrected chi connectivity index (χ0v) is 18.7. The van der Waals surface area contributed by atoms with Gasteiger partial charge in [-0.25, -0.2) is 8.42 Å². The molecule has 162 valence electrons. The molecule has 0 radical (unpaired) electrons. The van der Waals surface area contributed by atoms with E-state index in [1.54, 1.807) is 4.90 Å². The third-order valence-corrected chi connectivity index (χ3v) is 7.82. The van der Waals surface area contributed by atoms with E-state index in [0.717, 1.165) is 16.7 Å². The van der Waals surface area contributed by atoms with E-state index in [9.17, 15) is 13.2 Å². The van der Waals surface area contributed by atoms with Crippen LogP contribution in [0.1, 0.15) is 17.5 Å². The standard InChI is InChI=1S/C22H23N3O4S2/c1-16-7-5-6-10-19(16)21-23-24-22(29-21)30-14-20(26)25(13-17-8-3-2-4-9-17)18-11-12-31(27,28)15-18/h2-10,18H,11-15H2,1H3. The number of aromatic nitrogens is 2. The predicted molar refractivity (Wildman–Crippen MR) is 119 cm³/mol. The Hall–Kier alpha value is -2.65. The number of benzene rings is 2. The van der Waals surface area contributed by atoms with Crippen LogP contribution >= 0.6 is 11.8 Å². The van der Waals surface area contributed by atoms with Crippen molar-refractivity contribution in [3.8, 4) is 11.5 Å². The van der Waals surface area contributed by atoms with Gasteiger partial charge in [-0.2, -0.15) is 0 Å². The largest absolute Gasteiger partial charge is 0.411 e. The molecular weight excluding hydrogens is 434 g/mol. The van der Waals surface area contributed by atoms with Gasteiger partial charge in [-0.3, -0.25) is 4.79 Å². The van der Waals surface area contributed by atoms with Crippen LogP contribution in [-0.2, 0) is 21.2 Å². The summed E-state index contributed by atoms with van der Waals surface area (Å²) in [5.74, 6) is 0.488. The lowest BCUT2D eigenvalue weighted by molar-refractivity contribution is -0.130. The second-order valence-electron chi connectivity index (χ2n) is 7.54. The van der Waals surface area contributed by atoms with Crippen LogP contribution in [0.3, 0.4) is 0 Å². The van der Waals surface area contributed by atoms with Crippen LogP contribution < -0.4 is 0 Å². The molecule has 0 spiro atoms. The predicted octanol–water partition coefficient (Wildman–Crippen LogP) is 3.35. The van der Waals surface area contributed by atoms with Crippen LogP contribution in [0.25, 0.3) is 11.5 Å². The van der Waals surface area contributed by atoms with Gasteiger partial charge in [0.2, 0.25) is 11.8 Å². The molecule has 1 saturated heterocycles. The van der Waals surface area contributed by atoms with Crippen LogP contribution in [0.4, 0.5) is 0 Å². The average molecular weight is 458 g/mol. The molecule has 3 aromatic rings. The van der Waals surface area contributed by atoms with Gasteiger partial charge < -0.3 is 9.32 Å². The molecule has 31 heavy (non-hydrogen) atoms. The van der Waals surface area contributed by atoms with Crippen LogP contribution in [0.15, 0.2) is 64.2 Å². The van der Waals surface area contributed by atoms with Gasteiger partial charge in [0.25, 0.3) is 5.22 Å². The Morgan fingerprint density at radius 1 is 1.13 bits per heavy atom. The lowest BCUT2D eigenvalue weighted by atomic mass is 10.1. The van der Waals surface area contributed by atoms with Gasteiger partial charge in [-0.15, -0.1) is 10.2 Å². The van der Waals surface area contributed by atoms with Gasteiger partial charge in [0.15, 0.2) is 9.84 Å². The lowest BCUT2D eigenvalue weighted by Crippen LogP contribution is -2.41. The molecule has 1 aromatic heterocycles. The molecule has 1 aliphatic rings. The molecule has 2 aromatic carbocycles. The van der Waals surface area contributed by atoms with Crippen molar-refractivity contribution < 1.29 is 17.6 Å².